The summed E-state index contributed by atoms with van der Waals surface area (Å²) >= 11 is 0. The average Bonchev–Trinajstić information content (AvgIpc) is 3.50. The van der Waals surface area contributed by atoms with Gasteiger partial charge in [0.2, 0.25) is 11.8 Å². The molecule has 3 amide bonds. The standard InChI is InChI=1S/C30H36N4O4/c1-30(2,3)22-10-8-21(9-11-22)28(37)32-23(15-19-6-7-19)29(38)33-14-12-24-27(33)25(35)18-34(24)26(36)16-20-5-4-13-31-17-20/h4-5,8-11,13,17,19,23-24,27H,6-7,12,14-16,18H2,1-3H3,(H,32,37). The number of fused-ring (bicyclic) bond motifs is 1. The fourth-order valence-electron chi connectivity index (χ4n) is 5.64. The van der Waals surface area contributed by atoms with Gasteiger partial charge in [-0.3, -0.25) is 24.2 Å². The van der Waals surface area contributed by atoms with E-state index in [-0.39, 0.29) is 47.9 Å². The molecule has 3 aliphatic rings. The van der Waals surface area contributed by atoms with Crippen LogP contribution in [0.15, 0.2) is 48.8 Å². The number of benzene rings is 1. The van der Waals surface area contributed by atoms with Crippen LogP contribution in [-0.2, 0) is 26.2 Å². The molecule has 1 aromatic carbocycles. The van der Waals surface area contributed by atoms with Crippen LogP contribution in [0.25, 0.3) is 0 Å². The molecule has 0 bridgehead atoms. The Morgan fingerprint density at radius 3 is 2.42 bits per heavy atom. The van der Waals surface area contributed by atoms with Crippen molar-refractivity contribution in [1.29, 1.82) is 0 Å². The minimum atomic E-state index is -0.691. The van der Waals surface area contributed by atoms with Crippen molar-refractivity contribution in [2.24, 2.45) is 5.92 Å². The molecule has 2 aliphatic heterocycles. The molecule has 2 aromatic rings. The van der Waals surface area contributed by atoms with Gasteiger partial charge in [-0.2, -0.15) is 0 Å². The first kappa shape index (κ1) is 26.1. The van der Waals surface area contributed by atoms with Gasteiger partial charge in [-0.1, -0.05) is 51.8 Å². The van der Waals surface area contributed by atoms with Crippen LogP contribution >= 0.6 is 0 Å². The number of hydrogen-bond donors (Lipinski definition) is 1. The van der Waals surface area contributed by atoms with E-state index in [0.717, 1.165) is 24.0 Å². The summed E-state index contributed by atoms with van der Waals surface area (Å²) in [5.41, 5.74) is 2.41. The zero-order valence-corrected chi connectivity index (χ0v) is 22.4. The third-order valence-corrected chi connectivity index (χ3v) is 7.99. The quantitative estimate of drug-likeness (QED) is 0.610. The number of aromatic nitrogens is 1. The van der Waals surface area contributed by atoms with Gasteiger partial charge in [0, 0.05) is 24.5 Å². The summed E-state index contributed by atoms with van der Waals surface area (Å²) in [5.74, 6) is -0.350. The van der Waals surface area contributed by atoms with Gasteiger partial charge in [0.25, 0.3) is 5.91 Å². The van der Waals surface area contributed by atoms with E-state index < -0.39 is 12.1 Å². The second-order valence-corrected chi connectivity index (χ2v) is 11.9. The Balaban J connectivity index is 1.28. The number of Topliss-reactive ketones (excluding diaryl/α,β-unsaturated/α-hetero) is 1. The Morgan fingerprint density at radius 2 is 1.79 bits per heavy atom. The molecule has 3 fully saturated rings. The lowest BCUT2D eigenvalue weighted by Crippen LogP contribution is -2.52. The van der Waals surface area contributed by atoms with Crippen molar-refractivity contribution in [2.45, 2.75) is 76.4 Å². The Hall–Kier alpha value is -3.55. The number of nitrogens with one attached hydrogen (secondary N) is 1. The van der Waals surface area contributed by atoms with Crippen molar-refractivity contribution in [3.05, 3.63) is 65.5 Å². The van der Waals surface area contributed by atoms with Gasteiger partial charge in [0.15, 0.2) is 5.78 Å². The summed E-state index contributed by atoms with van der Waals surface area (Å²) in [6.45, 7) is 6.76. The maximum absolute atomic E-state index is 13.8. The van der Waals surface area contributed by atoms with Gasteiger partial charge in [0.1, 0.15) is 12.1 Å². The van der Waals surface area contributed by atoms with Crippen molar-refractivity contribution >= 4 is 23.5 Å². The van der Waals surface area contributed by atoms with Crippen LogP contribution in [0.5, 0.6) is 0 Å². The van der Waals surface area contributed by atoms with E-state index >= 15 is 0 Å². The van der Waals surface area contributed by atoms with Crippen LogP contribution in [0.1, 0.15) is 67.9 Å². The Labute approximate surface area is 223 Å². The van der Waals surface area contributed by atoms with Crippen molar-refractivity contribution in [1.82, 2.24) is 20.1 Å². The van der Waals surface area contributed by atoms with E-state index in [1.54, 1.807) is 40.4 Å². The average molecular weight is 517 g/mol. The fraction of sp³-hybridized carbons (Fsp3) is 0.500. The van der Waals surface area contributed by atoms with E-state index in [1.807, 2.05) is 18.2 Å². The molecule has 1 saturated carbocycles. The Morgan fingerprint density at radius 1 is 1.05 bits per heavy atom. The van der Waals surface area contributed by atoms with Gasteiger partial charge < -0.3 is 15.1 Å². The first-order valence-corrected chi connectivity index (χ1v) is 13.5. The SMILES string of the molecule is CC(C)(C)c1ccc(C(=O)NC(CC2CC2)C(=O)N2CCC3C2C(=O)CN3C(=O)Cc2cccnc2)cc1. The lowest BCUT2D eigenvalue weighted by Gasteiger charge is -2.28. The zero-order valence-electron chi connectivity index (χ0n) is 22.4. The molecule has 0 spiro atoms. The minimum absolute atomic E-state index is 0.0119. The normalized spacial score (nSPS) is 21.8. The van der Waals surface area contributed by atoms with Gasteiger partial charge in [-0.05, 0) is 53.5 Å². The molecule has 1 aromatic heterocycles. The highest BCUT2D eigenvalue weighted by molar-refractivity contribution is 6.01. The number of pyridine rings is 1. The molecule has 3 unspecified atom stereocenters. The summed E-state index contributed by atoms with van der Waals surface area (Å²) in [7, 11) is 0. The van der Waals surface area contributed by atoms with Crippen molar-refractivity contribution in [2.75, 3.05) is 13.1 Å². The van der Waals surface area contributed by atoms with Gasteiger partial charge in [-0.15, -0.1) is 0 Å². The number of amides is 3. The fourth-order valence-corrected chi connectivity index (χ4v) is 5.64. The van der Waals surface area contributed by atoms with E-state index in [9.17, 15) is 19.2 Å². The summed E-state index contributed by atoms with van der Waals surface area (Å²) < 4.78 is 0. The molecule has 2 saturated heterocycles. The predicted molar refractivity (Wildman–Crippen MR) is 142 cm³/mol. The van der Waals surface area contributed by atoms with Crippen LogP contribution in [-0.4, -0.2) is 69.5 Å². The van der Waals surface area contributed by atoms with Crippen molar-refractivity contribution < 1.29 is 19.2 Å². The minimum Gasteiger partial charge on any atom is -0.340 e. The monoisotopic (exact) mass is 516 g/mol. The third-order valence-electron chi connectivity index (χ3n) is 7.99. The molecule has 38 heavy (non-hydrogen) atoms. The molecule has 8 heteroatoms. The highest BCUT2D eigenvalue weighted by atomic mass is 16.2. The highest BCUT2D eigenvalue weighted by Crippen LogP contribution is 2.36. The first-order valence-electron chi connectivity index (χ1n) is 13.5. The molecular weight excluding hydrogens is 480 g/mol. The second-order valence-electron chi connectivity index (χ2n) is 11.9. The molecule has 8 nitrogen and oxygen atoms in total. The van der Waals surface area contributed by atoms with Crippen LogP contribution < -0.4 is 5.32 Å². The van der Waals surface area contributed by atoms with Gasteiger partial charge in [0.05, 0.1) is 19.0 Å². The molecule has 1 N–H and O–H groups in total. The number of carbonyl (C=O) groups is 4. The molecular formula is C30H36N4O4. The topological polar surface area (TPSA) is 99.7 Å². The number of nitrogens with zero attached hydrogens (tertiary/aromatic N) is 3. The smallest absolute Gasteiger partial charge is 0.251 e. The number of ketones is 1. The maximum atomic E-state index is 13.8. The molecule has 3 atom stereocenters. The summed E-state index contributed by atoms with van der Waals surface area (Å²) in [6, 6.07) is 9.46. The number of rotatable bonds is 7. The predicted octanol–water partition coefficient (Wildman–Crippen LogP) is 2.90. The largest absolute Gasteiger partial charge is 0.340 e. The lowest BCUT2D eigenvalue weighted by atomic mass is 9.86. The molecule has 1 aliphatic carbocycles. The second kappa shape index (κ2) is 10.3. The number of carbonyl (C=O) groups excluding carboxylic acids is 4. The zero-order chi connectivity index (χ0) is 27.0. The number of hydrogen-bond acceptors (Lipinski definition) is 5. The van der Waals surface area contributed by atoms with E-state index in [1.165, 1.54) is 0 Å². The highest BCUT2D eigenvalue weighted by Gasteiger charge is 2.52. The molecule has 5 rings (SSSR count). The summed E-state index contributed by atoms with van der Waals surface area (Å²) in [5, 5.41) is 2.97. The van der Waals surface area contributed by atoms with Gasteiger partial charge >= 0.3 is 0 Å². The Bertz CT molecular complexity index is 1220. The maximum Gasteiger partial charge on any atom is 0.251 e. The van der Waals surface area contributed by atoms with Crippen LogP contribution in [0.2, 0.25) is 0 Å². The first-order chi connectivity index (χ1) is 18.1. The lowest BCUT2D eigenvalue weighted by molar-refractivity contribution is -0.138. The summed E-state index contributed by atoms with van der Waals surface area (Å²) in [4.78, 5) is 60.3. The van der Waals surface area contributed by atoms with E-state index in [4.69, 9.17) is 0 Å². The van der Waals surface area contributed by atoms with E-state index in [2.05, 4.69) is 31.1 Å². The van der Waals surface area contributed by atoms with Crippen molar-refractivity contribution in [3.63, 3.8) is 0 Å². The molecule has 3 heterocycles. The van der Waals surface area contributed by atoms with Crippen LogP contribution in [0.3, 0.4) is 0 Å². The molecule has 200 valence electrons. The number of likely N-dealkylation sites (tertiary alicyclic amines) is 2. The molecule has 0 radical (unpaired) electrons. The van der Waals surface area contributed by atoms with Crippen LogP contribution in [0.4, 0.5) is 0 Å². The third kappa shape index (κ3) is 5.49. The van der Waals surface area contributed by atoms with Gasteiger partial charge in [-0.25, -0.2) is 0 Å². The summed E-state index contributed by atoms with van der Waals surface area (Å²) in [6.07, 6.45) is 6.69. The van der Waals surface area contributed by atoms with Crippen LogP contribution in [0, 0.1) is 5.92 Å². The van der Waals surface area contributed by atoms with Crippen molar-refractivity contribution in [3.8, 4) is 0 Å². The van der Waals surface area contributed by atoms with E-state index in [0.29, 0.717) is 30.9 Å². The Kier molecular flexibility index (Phi) is 7.07.